The molecule has 0 spiro atoms. The fraction of sp³-hybridized carbons (Fsp3) is 0. The van der Waals surface area contributed by atoms with E-state index in [9.17, 15) is 0 Å². The Morgan fingerprint density at radius 1 is 1.14 bits per heavy atom. The van der Waals surface area contributed by atoms with E-state index < -0.39 is 7.82 Å². The summed E-state index contributed by atoms with van der Waals surface area (Å²) in [5.41, 5.74) is 0. The van der Waals surface area contributed by atoms with Crippen LogP contribution in [0.2, 0.25) is 0 Å². The summed E-state index contributed by atoms with van der Waals surface area (Å²) in [7, 11) is -4.64. The third-order valence-corrected chi connectivity index (χ3v) is 0. The van der Waals surface area contributed by atoms with Crippen molar-refractivity contribution in [3.63, 3.8) is 0 Å². The molecular weight excluding hydrogens is 250 g/mol. The van der Waals surface area contributed by atoms with Crippen molar-refractivity contribution in [1.29, 1.82) is 0 Å². The van der Waals surface area contributed by atoms with Crippen molar-refractivity contribution in [3.8, 4) is 0 Å². The van der Waals surface area contributed by atoms with Crippen LogP contribution in [0.1, 0.15) is 0 Å². The van der Waals surface area contributed by atoms with Gasteiger partial charge < -0.3 is 14.7 Å². The van der Waals surface area contributed by atoms with Crippen LogP contribution in [-0.4, -0.2) is 14.7 Å². The van der Waals surface area contributed by atoms with Gasteiger partial charge in [-0.25, -0.2) is 4.57 Å². The van der Waals surface area contributed by atoms with Gasteiger partial charge in [0.05, 0.1) is 0 Å². The van der Waals surface area contributed by atoms with Gasteiger partial charge in [-0.2, -0.15) is 0 Å². The van der Waals surface area contributed by atoms with E-state index in [0.717, 1.165) is 0 Å². The molecule has 0 saturated heterocycles. The van der Waals surface area contributed by atoms with E-state index in [1.54, 1.807) is 0 Å². The van der Waals surface area contributed by atoms with Gasteiger partial charge >= 0.3 is 7.82 Å². The number of hydrogen-bond donors (Lipinski definition) is 3. The second-order valence-corrected chi connectivity index (χ2v) is 1.54. The van der Waals surface area contributed by atoms with Gasteiger partial charge in [0.25, 0.3) is 0 Å². The van der Waals surface area contributed by atoms with Crippen molar-refractivity contribution in [2.24, 2.45) is 0 Å². The summed E-state index contributed by atoms with van der Waals surface area (Å²) in [6.07, 6.45) is 0. The molecule has 7 heavy (non-hydrogen) atoms. The molecule has 48 valence electrons. The number of rotatable bonds is 0. The summed E-state index contributed by atoms with van der Waals surface area (Å²) in [4.78, 5) is 21.6. The van der Waals surface area contributed by atoms with E-state index in [2.05, 4.69) is 0 Å². The van der Waals surface area contributed by atoms with Gasteiger partial charge in [0.15, 0.2) is 0 Å². The molecule has 7 heteroatoms. The molecule has 4 nitrogen and oxygen atoms in total. The smallest absolute Gasteiger partial charge is 0.303 e. The zero-order valence-electron chi connectivity index (χ0n) is 2.92. The molecule has 0 aliphatic heterocycles. The third-order valence-electron chi connectivity index (χ3n) is 0. The minimum Gasteiger partial charge on any atom is -0.303 e. The van der Waals surface area contributed by atoms with Crippen molar-refractivity contribution in [2.75, 3.05) is 0 Å². The van der Waals surface area contributed by atoms with Crippen LogP contribution in [-0.2, 0) is 42.1 Å². The Morgan fingerprint density at radius 3 is 1.14 bits per heavy atom. The van der Waals surface area contributed by atoms with Crippen LogP contribution in [0.5, 0.6) is 0 Å². The normalized spacial score (nSPS) is 8.43. The van der Waals surface area contributed by atoms with Crippen LogP contribution in [0, 0.1) is 0 Å². The summed E-state index contributed by atoms with van der Waals surface area (Å²) in [6, 6.07) is 0. The fourth-order valence-corrected chi connectivity index (χ4v) is 0. The Hall–Kier alpha value is 1.29. The monoisotopic (exact) mass is 254 g/mol. The standard InChI is InChI=1S/Mo.Ni.H3O4P/c;;1-5(2,3)4/h;;(H3,1,2,3,4). The first-order valence-electron chi connectivity index (χ1n) is 0.783. The second-order valence-electron chi connectivity index (χ2n) is 0.513. The van der Waals surface area contributed by atoms with E-state index in [0.29, 0.717) is 0 Å². The zero-order chi connectivity index (χ0) is 4.50. The topological polar surface area (TPSA) is 77.8 Å². The largest absolute Gasteiger partial charge is 0.466 e. The Balaban J connectivity index is -0.0000000800. The zero-order valence-corrected chi connectivity index (χ0v) is 6.81. The summed E-state index contributed by atoms with van der Waals surface area (Å²) in [6.45, 7) is 0. The van der Waals surface area contributed by atoms with Crippen LogP contribution >= 0.6 is 7.82 Å². The van der Waals surface area contributed by atoms with Crippen molar-refractivity contribution in [3.05, 3.63) is 0 Å². The van der Waals surface area contributed by atoms with E-state index in [-0.39, 0.29) is 37.6 Å². The first kappa shape index (κ1) is 15.7. The minimum absolute atomic E-state index is 0. The fourth-order valence-electron chi connectivity index (χ4n) is 0. The van der Waals surface area contributed by atoms with Gasteiger partial charge in [0.1, 0.15) is 0 Å². The molecule has 0 rings (SSSR count). The van der Waals surface area contributed by atoms with Gasteiger partial charge in [-0.1, -0.05) is 0 Å². The first-order chi connectivity index (χ1) is 2.00. The second kappa shape index (κ2) is 5.43. The van der Waals surface area contributed by atoms with Gasteiger partial charge in [-0.05, 0) is 0 Å². The predicted octanol–water partition coefficient (Wildman–Crippen LogP) is -0.934. The molecule has 0 heterocycles. The van der Waals surface area contributed by atoms with Crippen LogP contribution in [0.3, 0.4) is 0 Å². The summed E-state index contributed by atoms with van der Waals surface area (Å²) in [5, 5.41) is 0. The number of phosphoric acid groups is 1. The molecule has 0 bridgehead atoms. The SMILES string of the molecule is O=P(O)(O)O.[Mo].[Ni]. The van der Waals surface area contributed by atoms with Gasteiger partial charge in [0.2, 0.25) is 0 Å². The molecule has 0 amide bonds. The van der Waals surface area contributed by atoms with E-state index in [1.807, 2.05) is 0 Å². The molecule has 0 aromatic carbocycles. The predicted molar refractivity (Wildman–Crippen MR) is 14.3 cm³/mol. The molecule has 0 fully saturated rings. The maximum absolute atomic E-state index is 8.88. The molecular formula is H3MoNiO4P. The van der Waals surface area contributed by atoms with Gasteiger partial charge in [-0.3, -0.25) is 0 Å². The molecule has 0 aliphatic rings. The maximum Gasteiger partial charge on any atom is 0.466 e. The molecule has 0 aliphatic carbocycles. The maximum atomic E-state index is 8.88. The Bertz CT molecular complexity index is 57.8. The Kier molecular flexibility index (Phi) is 12.2. The van der Waals surface area contributed by atoms with Gasteiger partial charge in [-0.15, -0.1) is 0 Å². The molecule has 0 aromatic heterocycles. The minimum atomic E-state index is -4.64. The molecule has 0 saturated carbocycles. The molecule has 3 N–H and O–H groups in total. The van der Waals surface area contributed by atoms with Crippen LogP contribution < -0.4 is 0 Å². The van der Waals surface area contributed by atoms with Crippen molar-refractivity contribution in [2.45, 2.75) is 0 Å². The van der Waals surface area contributed by atoms with E-state index >= 15 is 0 Å². The summed E-state index contributed by atoms with van der Waals surface area (Å²) in [5.74, 6) is 0. The molecule has 0 radical (unpaired) electrons. The quantitative estimate of drug-likeness (QED) is 0.384. The van der Waals surface area contributed by atoms with Crippen molar-refractivity contribution >= 4 is 7.82 Å². The third kappa shape index (κ3) is 122. The first-order valence-corrected chi connectivity index (χ1v) is 2.35. The van der Waals surface area contributed by atoms with Crippen molar-refractivity contribution in [1.82, 2.24) is 0 Å². The average molecular weight is 253 g/mol. The Labute approximate surface area is 64.7 Å². The Morgan fingerprint density at radius 2 is 1.14 bits per heavy atom. The van der Waals surface area contributed by atoms with E-state index in [4.69, 9.17) is 19.2 Å². The molecule has 0 atom stereocenters. The molecule has 0 unspecified atom stereocenters. The van der Waals surface area contributed by atoms with E-state index in [1.165, 1.54) is 0 Å². The average Bonchev–Trinajstić information content (AvgIpc) is 0.722. The van der Waals surface area contributed by atoms with Crippen LogP contribution in [0.15, 0.2) is 0 Å². The molecule has 0 aromatic rings. The van der Waals surface area contributed by atoms with Crippen LogP contribution in [0.4, 0.5) is 0 Å². The summed E-state index contributed by atoms with van der Waals surface area (Å²) >= 11 is 0. The van der Waals surface area contributed by atoms with Crippen molar-refractivity contribution < 1.29 is 56.8 Å². The van der Waals surface area contributed by atoms with Crippen LogP contribution in [0.25, 0.3) is 0 Å². The number of hydrogen-bond acceptors (Lipinski definition) is 1. The summed E-state index contributed by atoms with van der Waals surface area (Å²) < 4.78 is 8.88. The van der Waals surface area contributed by atoms with Gasteiger partial charge in [0, 0.05) is 37.6 Å².